The van der Waals surface area contributed by atoms with Crippen molar-refractivity contribution in [3.63, 3.8) is 0 Å². The Balaban J connectivity index is 0.00000225. The van der Waals surface area contributed by atoms with E-state index in [9.17, 15) is 4.79 Å². The number of amides is 1. The highest BCUT2D eigenvalue weighted by Gasteiger charge is 2.30. The smallest absolute Gasteiger partial charge is 0.225 e. The van der Waals surface area contributed by atoms with Crippen molar-refractivity contribution in [1.82, 2.24) is 20.1 Å². The fraction of sp³-hybridized carbons (Fsp3) is 0.524. The van der Waals surface area contributed by atoms with Crippen molar-refractivity contribution in [2.75, 3.05) is 32.7 Å². The van der Waals surface area contributed by atoms with Crippen molar-refractivity contribution in [3.05, 3.63) is 42.4 Å². The van der Waals surface area contributed by atoms with Crippen LogP contribution in [0.25, 0.3) is 11.3 Å². The van der Waals surface area contributed by atoms with Crippen molar-refractivity contribution in [1.29, 1.82) is 0 Å². The molecule has 3 heterocycles. The lowest BCUT2D eigenvalue weighted by atomic mass is 9.92. The lowest BCUT2D eigenvalue weighted by Gasteiger charge is -2.37. The third-order valence-electron chi connectivity index (χ3n) is 5.63. The summed E-state index contributed by atoms with van der Waals surface area (Å²) in [6.45, 7) is 7.14. The first kappa shape index (κ1) is 20.8. The van der Waals surface area contributed by atoms with E-state index >= 15 is 0 Å². The lowest BCUT2D eigenvalue weighted by molar-refractivity contribution is -0.138. The van der Waals surface area contributed by atoms with Gasteiger partial charge in [0.1, 0.15) is 0 Å². The van der Waals surface area contributed by atoms with Gasteiger partial charge in [-0.15, -0.1) is 12.4 Å². The van der Waals surface area contributed by atoms with Gasteiger partial charge in [-0.3, -0.25) is 9.69 Å². The summed E-state index contributed by atoms with van der Waals surface area (Å²) in [5, 5.41) is 3.42. The molecule has 2 atom stereocenters. The van der Waals surface area contributed by atoms with Crippen LogP contribution >= 0.6 is 12.4 Å². The van der Waals surface area contributed by atoms with E-state index in [1.165, 1.54) is 0 Å². The van der Waals surface area contributed by atoms with Crippen LogP contribution in [-0.2, 0) is 11.3 Å². The van der Waals surface area contributed by atoms with E-state index in [0.29, 0.717) is 18.5 Å². The molecule has 0 bridgehead atoms. The molecule has 2 aliphatic heterocycles. The SMILES string of the molecule is C[C@H]1C[C@@H](C(=O)N2CCN(Cc3ncc(-c4ccccc4)o3)CC2)CCN1.Cl. The van der Waals surface area contributed by atoms with Gasteiger partial charge in [0.2, 0.25) is 11.8 Å². The molecule has 152 valence electrons. The summed E-state index contributed by atoms with van der Waals surface area (Å²) >= 11 is 0. The van der Waals surface area contributed by atoms with Gasteiger partial charge in [-0.1, -0.05) is 30.3 Å². The van der Waals surface area contributed by atoms with E-state index in [4.69, 9.17) is 4.42 Å². The second-order valence-corrected chi connectivity index (χ2v) is 7.66. The quantitative estimate of drug-likeness (QED) is 0.849. The highest BCUT2D eigenvalue weighted by Crippen LogP contribution is 2.22. The van der Waals surface area contributed by atoms with Crippen LogP contribution < -0.4 is 5.32 Å². The number of halogens is 1. The molecule has 1 aromatic heterocycles. The van der Waals surface area contributed by atoms with Gasteiger partial charge in [-0.05, 0) is 26.3 Å². The highest BCUT2D eigenvalue weighted by molar-refractivity contribution is 5.85. The van der Waals surface area contributed by atoms with Gasteiger partial charge in [-0.2, -0.15) is 0 Å². The summed E-state index contributed by atoms with van der Waals surface area (Å²) in [7, 11) is 0. The molecule has 1 amide bonds. The standard InChI is InChI=1S/C21H28N4O2.ClH/c1-16-13-18(7-8-22-16)21(26)25-11-9-24(10-12-25)15-20-23-14-19(27-20)17-5-3-2-4-6-17;/h2-6,14,16,18,22H,7-13,15H2,1H3;1H/t16-,18-;/m0./s1. The number of piperidine rings is 1. The van der Waals surface area contributed by atoms with E-state index in [1.54, 1.807) is 6.20 Å². The van der Waals surface area contributed by atoms with Crippen molar-refractivity contribution in [2.45, 2.75) is 32.4 Å². The number of carbonyl (C=O) groups excluding carboxylic acids is 1. The van der Waals surface area contributed by atoms with Crippen molar-refractivity contribution < 1.29 is 9.21 Å². The minimum Gasteiger partial charge on any atom is -0.439 e. The van der Waals surface area contributed by atoms with Gasteiger partial charge in [0.25, 0.3) is 0 Å². The zero-order valence-corrected chi connectivity index (χ0v) is 17.2. The Hall–Kier alpha value is -1.89. The fourth-order valence-electron chi connectivity index (χ4n) is 4.05. The van der Waals surface area contributed by atoms with Crippen LogP contribution in [0, 0.1) is 5.92 Å². The maximum Gasteiger partial charge on any atom is 0.225 e. The Labute approximate surface area is 172 Å². The lowest BCUT2D eigenvalue weighted by Crippen LogP contribution is -2.51. The normalized spacial score (nSPS) is 23.2. The van der Waals surface area contributed by atoms with E-state index in [-0.39, 0.29) is 18.3 Å². The van der Waals surface area contributed by atoms with Crippen molar-refractivity contribution >= 4 is 18.3 Å². The molecule has 4 rings (SSSR count). The molecule has 0 aliphatic carbocycles. The Morgan fingerprint density at radius 3 is 2.68 bits per heavy atom. The third kappa shape index (κ3) is 4.93. The molecule has 2 saturated heterocycles. The largest absolute Gasteiger partial charge is 0.439 e. The molecule has 6 nitrogen and oxygen atoms in total. The number of hydrogen-bond acceptors (Lipinski definition) is 5. The summed E-state index contributed by atoms with van der Waals surface area (Å²) in [6.07, 6.45) is 3.71. The van der Waals surface area contributed by atoms with E-state index in [2.05, 4.69) is 22.1 Å². The molecular weight excluding hydrogens is 376 g/mol. The number of piperazine rings is 1. The number of carbonyl (C=O) groups is 1. The van der Waals surface area contributed by atoms with E-state index in [0.717, 1.165) is 62.8 Å². The minimum atomic E-state index is 0. The molecule has 28 heavy (non-hydrogen) atoms. The van der Waals surface area contributed by atoms with Crippen LogP contribution in [0.2, 0.25) is 0 Å². The first-order chi connectivity index (χ1) is 13.2. The number of aromatic nitrogens is 1. The van der Waals surface area contributed by atoms with Crippen molar-refractivity contribution in [2.24, 2.45) is 5.92 Å². The average Bonchev–Trinajstić information content (AvgIpc) is 3.17. The summed E-state index contributed by atoms with van der Waals surface area (Å²) in [6, 6.07) is 10.5. The van der Waals surface area contributed by atoms with Crippen LogP contribution in [0.3, 0.4) is 0 Å². The Morgan fingerprint density at radius 2 is 1.96 bits per heavy atom. The zero-order valence-electron chi connectivity index (χ0n) is 16.3. The predicted molar refractivity (Wildman–Crippen MR) is 111 cm³/mol. The molecule has 0 saturated carbocycles. The summed E-state index contributed by atoms with van der Waals surface area (Å²) < 4.78 is 5.91. The second kappa shape index (κ2) is 9.54. The molecule has 2 aromatic rings. The second-order valence-electron chi connectivity index (χ2n) is 7.66. The molecule has 0 spiro atoms. The molecule has 0 unspecified atom stereocenters. The van der Waals surface area contributed by atoms with Crippen LogP contribution in [0.15, 0.2) is 40.9 Å². The van der Waals surface area contributed by atoms with Gasteiger partial charge < -0.3 is 14.6 Å². The van der Waals surface area contributed by atoms with Gasteiger partial charge in [-0.25, -0.2) is 4.98 Å². The molecular formula is C21H29ClN4O2. The minimum absolute atomic E-state index is 0. The van der Waals surface area contributed by atoms with E-state index in [1.807, 2.05) is 35.2 Å². The number of rotatable bonds is 4. The zero-order chi connectivity index (χ0) is 18.6. The van der Waals surface area contributed by atoms with Crippen LogP contribution in [0.1, 0.15) is 25.7 Å². The maximum atomic E-state index is 12.8. The Bertz CT molecular complexity index is 759. The van der Waals surface area contributed by atoms with Gasteiger partial charge in [0.15, 0.2) is 5.76 Å². The molecule has 0 radical (unpaired) electrons. The average molecular weight is 405 g/mol. The Morgan fingerprint density at radius 1 is 1.21 bits per heavy atom. The molecule has 7 heteroatoms. The molecule has 1 aromatic carbocycles. The highest BCUT2D eigenvalue weighted by atomic mass is 35.5. The molecule has 1 N–H and O–H groups in total. The van der Waals surface area contributed by atoms with Gasteiger partial charge in [0, 0.05) is 43.7 Å². The van der Waals surface area contributed by atoms with Gasteiger partial charge in [0.05, 0.1) is 12.7 Å². The van der Waals surface area contributed by atoms with Crippen LogP contribution in [0.4, 0.5) is 0 Å². The van der Waals surface area contributed by atoms with Crippen LogP contribution in [0.5, 0.6) is 0 Å². The summed E-state index contributed by atoms with van der Waals surface area (Å²) in [5.41, 5.74) is 1.04. The molecule has 2 aliphatic rings. The molecule has 2 fully saturated rings. The Kier molecular flexibility index (Phi) is 7.10. The van der Waals surface area contributed by atoms with Crippen LogP contribution in [-0.4, -0.2) is 59.5 Å². The maximum absolute atomic E-state index is 12.8. The fourth-order valence-corrected chi connectivity index (χ4v) is 4.05. The number of hydrogen-bond donors (Lipinski definition) is 1. The number of oxazole rings is 1. The van der Waals surface area contributed by atoms with Gasteiger partial charge >= 0.3 is 0 Å². The monoisotopic (exact) mass is 404 g/mol. The third-order valence-corrected chi connectivity index (χ3v) is 5.63. The summed E-state index contributed by atoms with van der Waals surface area (Å²) in [5.74, 6) is 2.07. The first-order valence-corrected chi connectivity index (χ1v) is 9.93. The topological polar surface area (TPSA) is 61.6 Å². The number of nitrogens with one attached hydrogen (secondary N) is 1. The predicted octanol–water partition coefficient (Wildman–Crippen LogP) is 2.80. The number of nitrogens with zero attached hydrogens (tertiary/aromatic N) is 3. The number of benzene rings is 1. The first-order valence-electron chi connectivity index (χ1n) is 9.93. The van der Waals surface area contributed by atoms with Crippen molar-refractivity contribution in [3.8, 4) is 11.3 Å². The summed E-state index contributed by atoms with van der Waals surface area (Å²) in [4.78, 5) is 21.6. The van der Waals surface area contributed by atoms with E-state index < -0.39 is 0 Å².